The second-order valence-electron chi connectivity index (χ2n) is 10.4. The van der Waals surface area contributed by atoms with Crippen molar-refractivity contribution < 1.29 is 4.42 Å². The molecule has 0 aromatic carbocycles. The van der Waals surface area contributed by atoms with Gasteiger partial charge >= 0.3 is 0 Å². The molecule has 4 nitrogen and oxygen atoms in total. The lowest BCUT2D eigenvalue weighted by Gasteiger charge is -2.17. The van der Waals surface area contributed by atoms with Gasteiger partial charge in [0.1, 0.15) is 0 Å². The second kappa shape index (κ2) is 9.91. The van der Waals surface area contributed by atoms with Gasteiger partial charge in [0.15, 0.2) is 0 Å². The first-order chi connectivity index (χ1) is 13.2. The number of pyridine rings is 1. The van der Waals surface area contributed by atoms with Gasteiger partial charge in [-0.15, -0.1) is 0 Å². The molecule has 0 aliphatic rings. The van der Waals surface area contributed by atoms with E-state index in [1.165, 1.54) is 16.7 Å². The van der Waals surface area contributed by atoms with Crippen LogP contribution in [0.15, 0.2) is 59.9 Å². The molecular formula is C25H39N3O. The highest BCUT2D eigenvalue weighted by atomic mass is 16.3. The number of furan rings is 1. The Hall–Kier alpha value is -2.36. The van der Waals surface area contributed by atoms with Gasteiger partial charge in [-0.3, -0.25) is 9.67 Å². The summed E-state index contributed by atoms with van der Waals surface area (Å²) in [7, 11) is 1.94. The highest BCUT2D eigenvalue weighted by Crippen LogP contribution is 2.22. The van der Waals surface area contributed by atoms with E-state index in [2.05, 4.69) is 84.7 Å². The lowest BCUT2D eigenvalue weighted by atomic mass is 9.88. The summed E-state index contributed by atoms with van der Waals surface area (Å²) in [5.74, 6) is 0. The fourth-order valence-corrected chi connectivity index (χ4v) is 2.31. The van der Waals surface area contributed by atoms with E-state index < -0.39 is 0 Å². The molecule has 0 radical (unpaired) electrons. The predicted molar refractivity (Wildman–Crippen MR) is 122 cm³/mol. The molecule has 0 amide bonds. The van der Waals surface area contributed by atoms with Gasteiger partial charge in [-0.05, 0) is 45.1 Å². The summed E-state index contributed by atoms with van der Waals surface area (Å²) >= 11 is 0. The smallest absolute Gasteiger partial charge is 0.0939 e. The minimum absolute atomic E-state index is 0.229. The van der Waals surface area contributed by atoms with E-state index >= 15 is 0 Å². The average Bonchev–Trinajstić information content (AvgIpc) is 3.26. The zero-order valence-corrected chi connectivity index (χ0v) is 19.9. The Labute approximate surface area is 177 Å². The quantitative estimate of drug-likeness (QED) is 0.425. The van der Waals surface area contributed by atoms with Crippen LogP contribution in [0.2, 0.25) is 0 Å². The summed E-state index contributed by atoms with van der Waals surface area (Å²) in [6, 6.07) is 6.08. The summed E-state index contributed by atoms with van der Waals surface area (Å²) in [5, 5.41) is 4.10. The van der Waals surface area contributed by atoms with Crippen LogP contribution >= 0.6 is 0 Å². The zero-order valence-electron chi connectivity index (χ0n) is 19.9. The van der Waals surface area contributed by atoms with Crippen molar-refractivity contribution in [2.24, 2.45) is 7.05 Å². The minimum Gasteiger partial charge on any atom is -0.472 e. The van der Waals surface area contributed by atoms with Crippen molar-refractivity contribution in [2.75, 3.05) is 0 Å². The predicted octanol–water partition coefficient (Wildman–Crippen LogP) is 6.67. The Bertz CT molecular complexity index is 812. The van der Waals surface area contributed by atoms with E-state index in [-0.39, 0.29) is 16.2 Å². The lowest BCUT2D eigenvalue weighted by molar-refractivity contribution is 0.537. The van der Waals surface area contributed by atoms with Crippen LogP contribution < -0.4 is 0 Å². The van der Waals surface area contributed by atoms with Gasteiger partial charge < -0.3 is 4.42 Å². The molecule has 29 heavy (non-hydrogen) atoms. The van der Waals surface area contributed by atoms with Crippen molar-refractivity contribution >= 4 is 0 Å². The van der Waals surface area contributed by atoms with Crippen LogP contribution in [0.5, 0.6) is 0 Å². The molecule has 3 rings (SSSR count). The average molecular weight is 398 g/mol. The third-order valence-corrected chi connectivity index (χ3v) is 4.49. The highest BCUT2D eigenvalue weighted by molar-refractivity contribution is 5.18. The molecule has 0 aliphatic heterocycles. The van der Waals surface area contributed by atoms with Crippen LogP contribution in [0.1, 0.15) is 79.0 Å². The first-order valence-electron chi connectivity index (χ1n) is 10.1. The van der Waals surface area contributed by atoms with Crippen molar-refractivity contribution in [3.05, 3.63) is 72.2 Å². The largest absolute Gasteiger partial charge is 0.472 e. The van der Waals surface area contributed by atoms with Gasteiger partial charge in [-0.25, -0.2) is 0 Å². The maximum absolute atomic E-state index is 4.94. The van der Waals surface area contributed by atoms with E-state index in [4.69, 9.17) is 4.42 Å². The Morgan fingerprint density at radius 2 is 1.34 bits per heavy atom. The fraction of sp³-hybridized carbons (Fsp3) is 0.520. The Kier molecular flexibility index (Phi) is 8.43. The van der Waals surface area contributed by atoms with Crippen LogP contribution in [0.4, 0.5) is 0 Å². The fourth-order valence-electron chi connectivity index (χ4n) is 2.31. The summed E-state index contributed by atoms with van der Waals surface area (Å²) in [6.07, 6.45) is 11.2. The molecule has 160 valence electrons. The highest BCUT2D eigenvalue weighted by Gasteiger charge is 2.15. The number of nitrogens with zero attached hydrogens (tertiary/aromatic N) is 3. The molecule has 3 aromatic heterocycles. The Balaban J connectivity index is 0.000000218. The van der Waals surface area contributed by atoms with Gasteiger partial charge in [-0.1, -0.05) is 68.4 Å². The minimum atomic E-state index is 0.229. The number of hydrogen-bond acceptors (Lipinski definition) is 3. The first-order valence-corrected chi connectivity index (χ1v) is 10.1. The first kappa shape index (κ1) is 24.7. The number of aryl methyl sites for hydroxylation is 1. The maximum Gasteiger partial charge on any atom is 0.0939 e. The topological polar surface area (TPSA) is 43.9 Å². The summed E-state index contributed by atoms with van der Waals surface area (Å²) < 4.78 is 6.77. The third kappa shape index (κ3) is 9.12. The molecule has 0 aliphatic carbocycles. The van der Waals surface area contributed by atoms with Crippen molar-refractivity contribution in [1.82, 2.24) is 14.8 Å². The third-order valence-electron chi connectivity index (χ3n) is 4.49. The summed E-state index contributed by atoms with van der Waals surface area (Å²) in [4.78, 5) is 4.05. The molecule has 3 aromatic rings. The Morgan fingerprint density at radius 1 is 0.759 bits per heavy atom. The molecule has 0 unspecified atom stereocenters. The van der Waals surface area contributed by atoms with Crippen LogP contribution in [0, 0.1) is 0 Å². The van der Waals surface area contributed by atoms with Crippen LogP contribution in [-0.2, 0) is 23.3 Å². The number of aromatic nitrogens is 3. The number of rotatable bonds is 0. The molecule has 0 atom stereocenters. The monoisotopic (exact) mass is 397 g/mol. The van der Waals surface area contributed by atoms with Crippen LogP contribution in [0.25, 0.3) is 0 Å². The molecule has 0 bridgehead atoms. The van der Waals surface area contributed by atoms with E-state index in [1.807, 2.05) is 36.3 Å². The van der Waals surface area contributed by atoms with E-state index in [9.17, 15) is 0 Å². The molecular weight excluding hydrogens is 358 g/mol. The second-order valence-corrected chi connectivity index (χ2v) is 10.4. The molecule has 0 N–H and O–H groups in total. The van der Waals surface area contributed by atoms with Crippen molar-refractivity contribution in [3.63, 3.8) is 0 Å². The van der Waals surface area contributed by atoms with Gasteiger partial charge in [0.05, 0.1) is 18.7 Å². The maximum atomic E-state index is 4.94. The normalized spacial score (nSPS) is 11.8. The van der Waals surface area contributed by atoms with Crippen molar-refractivity contribution in [3.8, 4) is 0 Å². The van der Waals surface area contributed by atoms with E-state index in [0.29, 0.717) is 0 Å². The standard InChI is InChI=1S/C9H13N.C8H14N2.C8H12O/c1-9(2,3)8-5-4-6-10-7-8;1-8(2,3)7-5-9-10(4)6-7;1-8(2,3)7-4-5-9-6-7/h4-7H,1-3H3;5-6H,1-4H3;4-6H,1-3H3. The summed E-state index contributed by atoms with van der Waals surface area (Å²) in [6.45, 7) is 19.6. The SMILES string of the molecule is CC(C)(C)c1cccnc1.CC(C)(C)c1ccoc1.Cn1cc(C(C)(C)C)cn1. The van der Waals surface area contributed by atoms with Gasteiger partial charge in [0.25, 0.3) is 0 Å². The molecule has 0 saturated carbocycles. The molecule has 0 fully saturated rings. The van der Waals surface area contributed by atoms with Crippen LogP contribution in [0.3, 0.4) is 0 Å². The van der Waals surface area contributed by atoms with Gasteiger partial charge in [-0.2, -0.15) is 5.10 Å². The van der Waals surface area contributed by atoms with Crippen LogP contribution in [-0.4, -0.2) is 14.8 Å². The molecule has 0 saturated heterocycles. The van der Waals surface area contributed by atoms with E-state index in [1.54, 1.807) is 18.7 Å². The lowest BCUT2D eigenvalue weighted by Crippen LogP contribution is -2.10. The summed E-state index contributed by atoms with van der Waals surface area (Å²) in [5.41, 5.74) is 4.52. The molecule has 3 heterocycles. The van der Waals surface area contributed by atoms with Crippen molar-refractivity contribution in [2.45, 2.75) is 78.6 Å². The molecule has 4 heteroatoms. The molecule has 0 spiro atoms. The van der Waals surface area contributed by atoms with Gasteiger partial charge in [0, 0.05) is 25.6 Å². The Morgan fingerprint density at radius 3 is 1.59 bits per heavy atom. The number of hydrogen-bond donors (Lipinski definition) is 0. The van der Waals surface area contributed by atoms with E-state index in [0.717, 1.165) is 0 Å². The van der Waals surface area contributed by atoms with Crippen molar-refractivity contribution in [1.29, 1.82) is 0 Å². The zero-order chi connectivity index (χ0) is 22.3. The van der Waals surface area contributed by atoms with Gasteiger partial charge in [0.2, 0.25) is 0 Å².